The third-order valence-corrected chi connectivity index (χ3v) is 1.68. The number of carbonyl (C=O) groups is 1. The summed E-state index contributed by atoms with van der Waals surface area (Å²) in [4.78, 5) is 11.4. The van der Waals surface area contributed by atoms with Crippen molar-refractivity contribution in [3.05, 3.63) is 0 Å². The lowest BCUT2D eigenvalue weighted by molar-refractivity contribution is -0.422. The first-order chi connectivity index (χ1) is 6.20. The van der Waals surface area contributed by atoms with Crippen LogP contribution < -0.4 is 5.73 Å². The van der Waals surface area contributed by atoms with Crippen LogP contribution in [0.3, 0.4) is 0 Å². The number of quaternary nitrogens is 1. The Hall–Kier alpha value is -0.570. The van der Waals surface area contributed by atoms with Gasteiger partial charge in [0.1, 0.15) is 5.60 Å². The quantitative estimate of drug-likeness (QED) is 0.700. The molecule has 0 heterocycles. The average molecular weight is 202 g/mol. The lowest BCUT2D eigenvalue weighted by Crippen LogP contribution is -2.62. The molecule has 0 aliphatic carbocycles. The largest absolute Gasteiger partial charge is 0.460 e. The Morgan fingerprint density at radius 3 is 2.21 bits per heavy atom. The molecule has 14 heavy (non-hydrogen) atoms. The molecule has 0 aliphatic heterocycles. The van der Waals surface area contributed by atoms with Crippen LogP contribution in [0.1, 0.15) is 47.5 Å². The van der Waals surface area contributed by atoms with Crippen molar-refractivity contribution in [1.82, 2.24) is 0 Å². The highest BCUT2D eigenvalue weighted by atomic mass is 16.6. The first kappa shape index (κ1) is 13.4. The highest BCUT2D eigenvalue weighted by Gasteiger charge is 2.20. The van der Waals surface area contributed by atoms with Crippen LogP contribution in [-0.2, 0) is 9.53 Å². The average Bonchev–Trinajstić information content (AvgIpc) is 1.77. The maximum Gasteiger partial charge on any atom is 0.312 e. The molecular weight excluding hydrogens is 178 g/mol. The van der Waals surface area contributed by atoms with E-state index in [1.807, 2.05) is 20.8 Å². The van der Waals surface area contributed by atoms with Gasteiger partial charge in [-0.05, 0) is 26.7 Å². The third kappa shape index (κ3) is 8.05. The molecule has 0 saturated heterocycles. The van der Waals surface area contributed by atoms with Crippen LogP contribution in [0.25, 0.3) is 0 Å². The number of hydrogen-bond acceptors (Lipinski definition) is 2. The Kier molecular flexibility index (Phi) is 5.13. The smallest absolute Gasteiger partial charge is 0.312 e. The second kappa shape index (κ2) is 5.35. The Labute approximate surface area is 87.0 Å². The normalized spacial score (nSPS) is 14.2. The van der Waals surface area contributed by atoms with E-state index >= 15 is 0 Å². The summed E-state index contributed by atoms with van der Waals surface area (Å²) in [5, 5.41) is 0. The van der Waals surface area contributed by atoms with Crippen LogP contribution in [0.15, 0.2) is 0 Å². The summed E-state index contributed by atoms with van der Waals surface area (Å²) in [5.41, 5.74) is 3.57. The minimum absolute atomic E-state index is 0.141. The minimum atomic E-state index is -0.380. The minimum Gasteiger partial charge on any atom is -0.460 e. The summed E-state index contributed by atoms with van der Waals surface area (Å²) in [6.07, 6.45) is 1.40. The second-order valence-corrected chi connectivity index (χ2v) is 5.29. The van der Waals surface area contributed by atoms with Crippen LogP contribution in [-0.4, -0.2) is 17.6 Å². The standard InChI is InChI=1S/C11H23NO2/c1-8(2)6-9(12)7-10(13)14-11(3,4)5/h8-9H,6-7,12H2,1-5H3/p+1/t9-/m0/s1. The summed E-state index contributed by atoms with van der Waals surface area (Å²) in [6, 6.07) is 0.171. The molecule has 0 saturated carbocycles. The van der Waals surface area contributed by atoms with Gasteiger partial charge in [-0.2, -0.15) is 0 Å². The molecule has 0 aromatic rings. The molecule has 0 unspecified atom stereocenters. The predicted molar refractivity (Wildman–Crippen MR) is 56.6 cm³/mol. The van der Waals surface area contributed by atoms with Crippen molar-refractivity contribution in [3.63, 3.8) is 0 Å². The zero-order chi connectivity index (χ0) is 11.4. The van der Waals surface area contributed by atoms with Crippen molar-refractivity contribution in [2.45, 2.75) is 59.1 Å². The molecule has 3 N–H and O–H groups in total. The monoisotopic (exact) mass is 202 g/mol. The molecule has 0 rings (SSSR count). The maximum absolute atomic E-state index is 11.4. The molecule has 1 atom stereocenters. The summed E-state index contributed by atoms with van der Waals surface area (Å²) in [6.45, 7) is 9.91. The molecule has 0 radical (unpaired) electrons. The van der Waals surface area contributed by atoms with Crippen LogP contribution in [0.4, 0.5) is 0 Å². The van der Waals surface area contributed by atoms with Gasteiger partial charge in [0.2, 0.25) is 0 Å². The van der Waals surface area contributed by atoms with E-state index in [1.165, 1.54) is 0 Å². The molecule has 0 aromatic heterocycles. The lowest BCUT2D eigenvalue weighted by Gasteiger charge is -2.20. The number of esters is 1. The topological polar surface area (TPSA) is 53.9 Å². The fraction of sp³-hybridized carbons (Fsp3) is 0.909. The lowest BCUT2D eigenvalue weighted by atomic mass is 10.0. The second-order valence-electron chi connectivity index (χ2n) is 5.29. The molecule has 0 aliphatic rings. The van der Waals surface area contributed by atoms with E-state index in [0.29, 0.717) is 12.3 Å². The van der Waals surface area contributed by atoms with Crippen molar-refractivity contribution < 1.29 is 15.3 Å². The fourth-order valence-corrected chi connectivity index (χ4v) is 1.37. The highest BCUT2D eigenvalue weighted by molar-refractivity contribution is 5.70. The first-order valence-electron chi connectivity index (χ1n) is 5.25. The highest BCUT2D eigenvalue weighted by Crippen LogP contribution is 2.10. The molecule has 0 aromatic carbocycles. The molecule has 84 valence electrons. The molecule has 0 bridgehead atoms. The van der Waals surface area contributed by atoms with Gasteiger partial charge in [0, 0.05) is 6.42 Å². The Bertz CT molecular complexity index is 182. The molecule has 0 spiro atoms. The van der Waals surface area contributed by atoms with Gasteiger partial charge in [-0.3, -0.25) is 4.79 Å². The van der Waals surface area contributed by atoms with Gasteiger partial charge in [0.25, 0.3) is 0 Å². The zero-order valence-electron chi connectivity index (χ0n) is 10.1. The fourth-order valence-electron chi connectivity index (χ4n) is 1.37. The van der Waals surface area contributed by atoms with Crippen molar-refractivity contribution >= 4 is 5.97 Å². The van der Waals surface area contributed by atoms with Gasteiger partial charge in [0.15, 0.2) is 0 Å². The van der Waals surface area contributed by atoms with Crippen molar-refractivity contribution in [3.8, 4) is 0 Å². The van der Waals surface area contributed by atoms with Gasteiger partial charge in [-0.15, -0.1) is 0 Å². The Balaban J connectivity index is 3.83. The number of hydrogen-bond donors (Lipinski definition) is 1. The molecule has 3 heteroatoms. The van der Waals surface area contributed by atoms with Crippen LogP contribution in [0.2, 0.25) is 0 Å². The van der Waals surface area contributed by atoms with Crippen LogP contribution in [0.5, 0.6) is 0 Å². The van der Waals surface area contributed by atoms with E-state index in [4.69, 9.17) is 4.74 Å². The summed E-state index contributed by atoms with van der Waals surface area (Å²) in [7, 11) is 0. The maximum atomic E-state index is 11.4. The van der Waals surface area contributed by atoms with Gasteiger partial charge >= 0.3 is 5.97 Å². The van der Waals surface area contributed by atoms with E-state index in [-0.39, 0.29) is 17.6 Å². The summed E-state index contributed by atoms with van der Waals surface area (Å²) < 4.78 is 5.21. The molecule has 3 nitrogen and oxygen atoms in total. The van der Waals surface area contributed by atoms with E-state index in [2.05, 4.69) is 19.6 Å². The molecule has 0 fully saturated rings. The van der Waals surface area contributed by atoms with Crippen molar-refractivity contribution in [2.75, 3.05) is 0 Å². The molecular formula is C11H24NO2+. The summed E-state index contributed by atoms with van der Waals surface area (Å²) in [5.74, 6) is 0.443. The van der Waals surface area contributed by atoms with Crippen molar-refractivity contribution in [2.24, 2.45) is 5.92 Å². The Morgan fingerprint density at radius 2 is 1.86 bits per heavy atom. The predicted octanol–water partition coefficient (Wildman–Crippen LogP) is 1.37. The first-order valence-corrected chi connectivity index (χ1v) is 5.25. The van der Waals surface area contributed by atoms with Gasteiger partial charge in [-0.25, -0.2) is 0 Å². The number of rotatable bonds is 4. The van der Waals surface area contributed by atoms with Gasteiger partial charge < -0.3 is 10.5 Å². The van der Waals surface area contributed by atoms with Crippen LogP contribution in [0, 0.1) is 5.92 Å². The van der Waals surface area contributed by atoms with Gasteiger partial charge in [0.05, 0.1) is 12.5 Å². The van der Waals surface area contributed by atoms with Gasteiger partial charge in [-0.1, -0.05) is 13.8 Å². The van der Waals surface area contributed by atoms with E-state index in [0.717, 1.165) is 6.42 Å². The SMILES string of the molecule is CC(C)C[C@H]([NH3+])CC(=O)OC(C)(C)C. The Morgan fingerprint density at radius 1 is 1.36 bits per heavy atom. The van der Waals surface area contributed by atoms with E-state index in [9.17, 15) is 4.79 Å². The molecule has 0 amide bonds. The van der Waals surface area contributed by atoms with Crippen molar-refractivity contribution in [1.29, 1.82) is 0 Å². The van der Waals surface area contributed by atoms with E-state index in [1.54, 1.807) is 0 Å². The summed E-state index contributed by atoms with van der Waals surface area (Å²) >= 11 is 0. The number of ether oxygens (including phenoxy) is 1. The van der Waals surface area contributed by atoms with E-state index < -0.39 is 0 Å². The zero-order valence-corrected chi connectivity index (χ0v) is 10.1. The number of carbonyl (C=O) groups excluding carboxylic acids is 1. The van der Waals surface area contributed by atoms with Crippen LogP contribution >= 0.6 is 0 Å². The third-order valence-electron chi connectivity index (χ3n) is 1.68.